The Bertz CT molecular complexity index is 951. The second-order valence-corrected chi connectivity index (χ2v) is 6.08. The number of hydrogen-bond donors (Lipinski definition) is 1. The first kappa shape index (κ1) is 16.7. The molecule has 126 valence electrons. The van der Waals surface area contributed by atoms with Crippen LogP contribution in [0.1, 0.15) is 32.9 Å². The number of carbonyl (C=O) groups is 1. The van der Waals surface area contributed by atoms with Gasteiger partial charge in [0.05, 0.1) is 16.9 Å². The predicted molar refractivity (Wildman–Crippen MR) is 101 cm³/mol. The molecule has 0 spiro atoms. The number of carboxylic acids is 1. The van der Waals surface area contributed by atoms with Crippen LogP contribution in [0, 0.1) is 20.8 Å². The summed E-state index contributed by atoms with van der Waals surface area (Å²) in [6.07, 6.45) is 1.83. The number of nitrogens with zero attached hydrogens (tertiary/aromatic N) is 2. The minimum atomic E-state index is -0.932. The number of aromatic nitrogens is 1. The Morgan fingerprint density at radius 3 is 2.40 bits per heavy atom. The molecule has 0 bridgehead atoms. The zero-order valence-corrected chi connectivity index (χ0v) is 14.5. The largest absolute Gasteiger partial charge is 0.478 e. The maximum absolute atomic E-state index is 11.5. The molecule has 0 fully saturated rings. The third kappa shape index (κ3) is 3.38. The Morgan fingerprint density at radius 2 is 1.72 bits per heavy atom. The number of carboxylic acid groups (broad SMARTS) is 1. The molecule has 0 amide bonds. The summed E-state index contributed by atoms with van der Waals surface area (Å²) in [5.41, 5.74) is 5.94. The molecular weight excluding hydrogens is 312 g/mol. The summed E-state index contributed by atoms with van der Waals surface area (Å²) in [7, 11) is 0. The normalized spacial score (nSPS) is 11.2. The molecule has 1 aromatic heterocycles. The molecule has 0 atom stereocenters. The molecule has 25 heavy (non-hydrogen) atoms. The summed E-state index contributed by atoms with van der Waals surface area (Å²) in [6.45, 7) is 5.98. The minimum Gasteiger partial charge on any atom is -0.478 e. The van der Waals surface area contributed by atoms with E-state index in [4.69, 9.17) is 0 Å². The third-order valence-electron chi connectivity index (χ3n) is 4.23. The molecule has 0 saturated carbocycles. The van der Waals surface area contributed by atoms with E-state index in [1.165, 1.54) is 5.56 Å². The second-order valence-electron chi connectivity index (χ2n) is 6.08. The lowest BCUT2D eigenvalue weighted by Crippen LogP contribution is -2.07. The van der Waals surface area contributed by atoms with Gasteiger partial charge in [0.1, 0.15) is 0 Å². The monoisotopic (exact) mass is 332 g/mol. The zero-order valence-electron chi connectivity index (χ0n) is 14.5. The van der Waals surface area contributed by atoms with Crippen molar-refractivity contribution < 1.29 is 9.90 Å². The molecule has 1 heterocycles. The highest BCUT2D eigenvalue weighted by molar-refractivity contribution is 5.92. The number of hydrogen-bond acceptors (Lipinski definition) is 2. The van der Waals surface area contributed by atoms with Gasteiger partial charge in [0.2, 0.25) is 0 Å². The van der Waals surface area contributed by atoms with Crippen LogP contribution in [0.3, 0.4) is 0 Å². The first-order valence-electron chi connectivity index (χ1n) is 8.10. The van der Waals surface area contributed by atoms with Crippen molar-refractivity contribution >= 4 is 17.9 Å². The van der Waals surface area contributed by atoms with Crippen LogP contribution in [0.2, 0.25) is 0 Å². The van der Waals surface area contributed by atoms with Gasteiger partial charge in [-0.2, -0.15) is 0 Å². The molecule has 3 aromatic rings. The fourth-order valence-electron chi connectivity index (χ4n) is 2.91. The predicted octanol–water partition coefficient (Wildman–Crippen LogP) is 4.85. The third-order valence-corrected chi connectivity index (χ3v) is 4.23. The lowest BCUT2D eigenvalue weighted by Gasteiger charge is -2.12. The molecule has 3 rings (SSSR count). The van der Waals surface area contributed by atoms with E-state index in [0.29, 0.717) is 5.69 Å². The molecule has 4 heteroatoms. The Balaban J connectivity index is 2.02. The minimum absolute atomic E-state index is 0.284. The molecule has 2 aromatic carbocycles. The first-order valence-corrected chi connectivity index (χ1v) is 8.10. The van der Waals surface area contributed by atoms with Crippen molar-refractivity contribution in [2.75, 3.05) is 0 Å². The number of rotatable bonds is 4. The highest BCUT2D eigenvalue weighted by atomic mass is 16.4. The van der Waals surface area contributed by atoms with Crippen LogP contribution in [-0.4, -0.2) is 21.9 Å². The van der Waals surface area contributed by atoms with Crippen molar-refractivity contribution in [1.82, 2.24) is 4.57 Å². The van der Waals surface area contributed by atoms with Crippen molar-refractivity contribution in [3.63, 3.8) is 0 Å². The van der Waals surface area contributed by atoms with Crippen LogP contribution in [0.25, 0.3) is 5.69 Å². The van der Waals surface area contributed by atoms with Crippen LogP contribution in [0.15, 0.2) is 59.6 Å². The van der Waals surface area contributed by atoms with Crippen LogP contribution in [-0.2, 0) is 0 Å². The average molecular weight is 332 g/mol. The summed E-state index contributed by atoms with van der Waals surface area (Å²) in [5.74, 6) is -0.932. The highest BCUT2D eigenvalue weighted by Crippen LogP contribution is 2.23. The Morgan fingerprint density at radius 1 is 1.04 bits per heavy atom. The lowest BCUT2D eigenvalue weighted by atomic mass is 10.1. The van der Waals surface area contributed by atoms with Crippen molar-refractivity contribution in [3.8, 4) is 5.69 Å². The van der Waals surface area contributed by atoms with Gasteiger partial charge in [-0.3, -0.25) is 4.99 Å². The number of aromatic carboxylic acids is 1. The smallest absolute Gasteiger partial charge is 0.337 e. The summed E-state index contributed by atoms with van der Waals surface area (Å²) in [4.78, 5) is 16.1. The molecule has 4 nitrogen and oxygen atoms in total. The first-order chi connectivity index (χ1) is 12.0. The quantitative estimate of drug-likeness (QED) is 0.694. The summed E-state index contributed by atoms with van der Waals surface area (Å²) < 4.78 is 1.96. The lowest BCUT2D eigenvalue weighted by molar-refractivity contribution is 0.0697. The van der Waals surface area contributed by atoms with Gasteiger partial charge in [-0.15, -0.1) is 0 Å². The topological polar surface area (TPSA) is 54.6 Å². The fourth-order valence-corrected chi connectivity index (χ4v) is 2.91. The van der Waals surface area contributed by atoms with Gasteiger partial charge < -0.3 is 9.67 Å². The zero-order chi connectivity index (χ0) is 18.0. The van der Waals surface area contributed by atoms with Gasteiger partial charge in [0, 0.05) is 23.2 Å². The Labute approximate surface area is 147 Å². The van der Waals surface area contributed by atoms with E-state index in [1.54, 1.807) is 12.1 Å². The van der Waals surface area contributed by atoms with Gasteiger partial charge in [0.15, 0.2) is 0 Å². The van der Waals surface area contributed by atoms with E-state index in [0.717, 1.165) is 22.6 Å². The standard InChI is InChI=1S/C21H20N2O2/c1-14-8-10-18(11-9-14)22-13-17-12-15(2)23(16(17)3)20-7-5-4-6-19(20)21(24)25/h4-13H,1-3H3,(H,24,25). The van der Waals surface area contributed by atoms with Gasteiger partial charge in [0.25, 0.3) is 0 Å². The van der Waals surface area contributed by atoms with Gasteiger partial charge in [-0.05, 0) is 51.1 Å². The summed E-state index contributed by atoms with van der Waals surface area (Å²) in [5, 5.41) is 9.45. The van der Waals surface area contributed by atoms with Crippen LogP contribution in [0.4, 0.5) is 5.69 Å². The van der Waals surface area contributed by atoms with Crippen LogP contribution >= 0.6 is 0 Å². The maximum Gasteiger partial charge on any atom is 0.337 e. The van der Waals surface area contributed by atoms with E-state index in [-0.39, 0.29) is 5.56 Å². The van der Waals surface area contributed by atoms with E-state index < -0.39 is 5.97 Å². The molecule has 0 saturated heterocycles. The van der Waals surface area contributed by atoms with Gasteiger partial charge in [-0.25, -0.2) is 4.79 Å². The molecule has 1 N–H and O–H groups in total. The van der Waals surface area contributed by atoms with E-state index in [1.807, 2.05) is 74.0 Å². The highest BCUT2D eigenvalue weighted by Gasteiger charge is 2.15. The SMILES string of the molecule is Cc1ccc(N=Cc2cc(C)n(-c3ccccc3C(=O)O)c2C)cc1. The van der Waals surface area contributed by atoms with Gasteiger partial charge >= 0.3 is 5.97 Å². The molecule has 0 radical (unpaired) electrons. The average Bonchev–Trinajstić information content (AvgIpc) is 2.88. The summed E-state index contributed by atoms with van der Waals surface area (Å²) in [6, 6.07) is 17.1. The Hall–Kier alpha value is -3.14. The van der Waals surface area contributed by atoms with Crippen molar-refractivity contribution in [2.24, 2.45) is 4.99 Å². The van der Waals surface area contributed by atoms with Crippen molar-refractivity contribution in [1.29, 1.82) is 0 Å². The number of aryl methyl sites for hydroxylation is 2. The number of aliphatic imine (C=N–C) groups is 1. The summed E-state index contributed by atoms with van der Waals surface area (Å²) >= 11 is 0. The number of benzene rings is 2. The van der Waals surface area contributed by atoms with Crippen LogP contribution < -0.4 is 0 Å². The maximum atomic E-state index is 11.5. The molecule has 0 aliphatic heterocycles. The van der Waals surface area contributed by atoms with E-state index >= 15 is 0 Å². The molecule has 0 unspecified atom stereocenters. The van der Waals surface area contributed by atoms with E-state index in [2.05, 4.69) is 4.99 Å². The van der Waals surface area contributed by atoms with Crippen LogP contribution in [0.5, 0.6) is 0 Å². The molecule has 0 aliphatic carbocycles. The van der Waals surface area contributed by atoms with Crippen molar-refractivity contribution in [2.45, 2.75) is 20.8 Å². The molecular formula is C21H20N2O2. The van der Waals surface area contributed by atoms with Crippen molar-refractivity contribution in [3.05, 3.63) is 82.7 Å². The fraction of sp³-hybridized carbons (Fsp3) is 0.143. The Kier molecular flexibility index (Phi) is 4.52. The van der Waals surface area contributed by atoms with Gasteiger partial charge in [-0.1, -0.05) is 29.8 Å². The van der Waals surface area contributed by atoms with E-state index in [9.17, 15) is 9.90 Å². The molecule has 0 aliphatic rings. The number of para-hydroxylation sites is 1. The second kappa shape index (κ2) is 6.77.